The van der Waals surface area contributed by atoms with Gasteiger partial charge in [0.05, 0.1) is 14.2 Å². The maximum absolute atomic E-state index is 12.3. The Hall–Kier alpha value is -2.82. The van der Waals surface area contributed by atoms with E-state index in [2.05, 4.69) is 10.3 Å². The molecule has 1 aromatic carbocycles. The predicted molar refractivity (Wildman–Crippen MR) is 90.8 cm³/mol. The minimum atomic E-state index is -0.193. The Morgan fingerprint density at radius 3 is 2.57 bits per heavy atom. The second kappa shape index (κ2) is 7.45. The highest BCUT2D eigenvalue weighted by atomic mass is 16.5. The summed E-state index contributed by atoms with van der Waals surface area (Å²) >= 11 is 0. The smallest absolute Gasteiger partial charge is 0.252 e. The average molecular weight is 312 g/mol. The van der Waals surface area contributed by atoms with E-state index in [1.54, 1.807) is 39.5 Å². The van der Waals surface area contributed by atoms with E-state index in [0.29, 0.717) is 22.9 Å². The first-order valence-electron chi connectivity index (χ1n) is 7.18. The molecule has 2 aromatic rings. The monoisotopic (exact) mass is 312 g/mol. The van der Waals surface area contributed by atoms with Crippen molar-refractivity contribution in [1.82, 2.24) is 4.98 Å². The lowest BCUT2D eigenvalue weighted by atomic mass is 10.1. The molecule has 0 atom stereocenters. The molecule has 2 rings (SSSR count). The van der Waals surface area contributed by atoms with Crippen LogP contribution in [-0.4, -0.2) is 25.1 Å². The summed E-state index contributed by atoms with van der Waals surface area (Å²) in [4.78, 5) is 16.4. The number of nitrogens with zero attached hydrogens (tertiary/aromatic N) is 1. The Kier molecular flexibility index (Phi) is 5.36. The molecular formula is C18H20N2O3. The molecule has 0 unspecified atom stereocenters. The van der Waals surface area contributed by atoms with E-state index in [0.717, 1.165) is 11.1 Å². The number of hydrogen-bond donors (Lipinski definition) is 1. The second-order valence-electron chi connectivity index (χ2n) is 5.06. The first kappa shape index (κ1) is 16.5. The minimum absolute atomic E-state index is 0.193. The first-order chi connectivity index (χ1) is 11.0. The number of carbonyl (C=O) groups is 1. The van der Waals surface area contributed by atoms with Crippen molar-refractivity contribution in [3.05, 3.63) is 53.2 Å². The number of amides is 1. The van der Waals surface area contributed by atoms with Crippen LogP contribution in [0, 0.1) is 6.92 Å². The van der Waals surface area contributed by atoms with Crippen molar-refractivity contribution in [3.8, 4) is 11.5 Å². The van der Waals surface area contributed by atoms with Crippen LogP contribution in [0.4, 0.5) is 5.82 Å². The van der Waals surface area contributed by atoms with Crippen molar-refractivity contribution < 1.29 is 14.3 Å². The van der Waals surface area contributed by atoms with Gasteiger partial charge in [-0.1, -0.05) is 12.1 Å². The number of nitrogens with one attached hydrogen (secondary N) is 1. The molecule has 5 nitrogen and oxygen atoms in total. The van der Waals surface area contributed by atoms with E-state index in [1.807, 2.05) is 31.2 Å². The molecule has 1 amide bonds. The maximum atomic E-state index is 12.3. The van der Waals surface area contributed by atoms with Gasteiger partial charge in [0, 0.05) is 11.8 Å². The zero-order valence-electron chi connectivity index (χ0n) is 13.7. The molecule has 0 bridgehead atoms. The highest BCUT2D eigenvalue weighted by Gasteiger charge is 2.09. The van der Waals surface area contributed by atoms with E-state index in [4.69, 9.17) is 9.47 Å². The Labute approximate surface area is 136 Å². The van der Waals surface area contributed by atoms with Crippen LogP contribution in [0.3, 0.4) is 0 Å². The summed E-state index contributed by atoms with van der Waals surface area (Å²) in [5, 5.41) is 2.81. The fourth-order valence-electron chi connectivity index (χ4n) is 2.08. The lowest BCUT2D eigenvalue weighted by molar-refractivity contribution is -0.112. The molecule has 0 saturated heterocycles. The molecule has 23 heavy (non-hydrogen) atoms. The molecule has 120 valence electrons. The zero-order valence-corrected chi connectivity index (χ0v) is 13.7. The fourth-order valence-corrected chi connectivity index (χ4v) is 2.08. The number of carbonyl (C=O) groups excluding carboxylic acids is 1. The van der Waals surface area contributed by atoms with Gasteiger partial charge >= 0.3 is 0 Å². The van der Waals surface area contributed by atoms with Gasteiger partial charge in [0.1, 0.15) is 5.82 Å². The van der Waals surface area contributed by atoms with Crippen molar-refractivity contribution in [2.24, 2.45) is 0 Å². The highest BCUT2D eigenvalue weighted by Crippen LogP contribution is 2.28. The quantitative estimate of drug-likeness (QED) is 0.859. The molecule has 0 aliphatic carbocycles. The van der Waals surface area contributed by atoms with Crippen molar-refractivity contribution in [3.63, 3.8) is 0 Å². The van der Waals surface area contributed by atoms with Crippen LogP contribution >= 0.6 is 0 Å². The molecule has 0 aliphatic heterocycles. The van der Waals surface area contributed by atoms with E-state index in [-0.39, 0.29) is 5.91 Å². The maximum Gasteiger partial charge on any atom is 0.252 e. The second-order valence-corrected chi connectivity index (χ2v) is 5.06. The van der Waals surface area contributed by atoms with Crippen LogP contribution in [0.1, 0.15) is 18.1 Å². The van der Waals surface area contributed by atoms with Gasteiger partial charge in [0.15, 0.2) is 11.5 Å². The number of anilines is 1. The highest BCUT2D eigenvalue weighted by molar-refractivity contribution is 6.06. The van der Waals surface area contributed by atoms with Gasteiger partial charge in [-0.2, -0.15) is 0 Å². The molecule has 5 heteroatoms. The van der Waals surface area contributed by atoms with Crippen molar-refractivity contribution in [1.29, 1.82) is 0 Å². The van der Waals surface area contributed by atoms with Gasteiger partial charge in [-0.3, -0.25) is 4.79 Å². The topological polar surface area (TPSA) is 60.5 Å². The van der Waals surface area contributed by atoms with E-state index >= 15 is 0 Å². The lowest BCUT2D eigenvalue weighted by Gasteiger charge is -2.09. The van der Waals surface area contributed by atoms with Crippen LogP contribution in [0.2, 0.25) is 0 Å². The summed E-state index contributed by atoms with van der Waals surface area (Å²) < 4.78 is 10.5. The number of hydrogen-bond acceptors (Lipinski definition) is 4. The van der Waals surface area contributed by atoms with E-state index < -0.39 is 0 Å². The fraction of sp³-hybridized carbons (Fsp3) is 0.222. The van der Waals surface area contributed by atoms with Gasteiger partial charge in [-0.25, -0.2) is 4.98 Å². The van der Waals surface area contributed by atoms with Crippen molar-refractivity contribution in [2.45, 2.75) is 13.8 Å². The summed E-state index contributed by atoms with van der Waals surface area (Å²) in [6, 6.07) is 9.22. The Morgan fingerprint density at radius 2 is 1.91 bits per heavy atom. The molecule has 0 spiro atoms. The normalized spacial score (nSPS) is 11.0. The standard InChI is InChI=1S/C18H20N2O3/c1-12-6-5-9-19-17(12)20-18(21)13(2)10-14-7-8-15(22-3)16(11-14)23-4/h5-11H,1-4H3,(H,19,20,21)/b13-10+. The summed E-state index contributed by atoms with van der Waals surface area (Å²) in [6.07, 6.45) is 3.44. The number of aromatic nitrogens is 1. The molecule has 1 N–H and O–H groups in total. The summed E-state index contributed by atoms with van der Waals surface area (Å²) in [6.45, 7) is 3.65. The van der Waals surface area contributed by atoms with Gasteiger partial charge in [0.2, 0.25) is 0 Å². The van der Waals surface area contributed by atoms with Gasteiger partial charge in [-0.05, 0) is 49.2 Å². The molecule has 0 aliphatic rings. The number of methoxy groups -OCH3 is 2. The third-order valence-electron chi connectivity index (χ3n) is 3.39. The number of benzene rings is 1. The largest absolute Gasteiger partial charge is 0.493 e. The zero-order chi connectivity index (χ0) is 16.8. The predicted octanol–water partition coefficient (Wildman–Crippen LogP) is 3.45. The number of rotatable bonds is 5. The summed E-state index contributed by atoms with van der Waals surface area (Å²) in [7, 11) is 3.16. The molecule has 0 saturated carbocycles. The van der Waals surface area contributed by atoms with Crippen LogP contribution in [0.15, 0.2) is 42.1 Å². The Bertz CT molecular complexity index is 739. The van der Waals surface area contributed by atoms with Crippen molar-refractivity contribution in [2.75, 3.05) is 19.5 Å². The van der Waals surface area contributed by atoms with E-state index in [9.17, 15) is 4.79 Å². The third kappa shape index (κ3) is 4.10. The first-order valence-corrected chi connectivity index (χ1v) is 7.18. The number of pyridine rings is 1. The summed E-state index contributed by atoms with van der Waals surface area (Å²) in [5.74, 6) is 1.64. The summed E-state index contributed by atoms with van der Waals surface area (Å²) in [5.41, 5.74) is 2.34. The molecule has 0 radical (unpaired) electrons. The molecular weight excluding hydrogens is 292 g/mol. The lowest BCUT2D eigenvalue weighted by Crippen LogP contribution is -2.14. The molecule has 1 aromatic heterocycles. The Morgan fingerprint density at radius 1 is 1.17 bits per heavy atom. The van der Waals surface area contributed by atoms with E-state index in [1.165, 1.54) is 0 Å². The minimum Gasteiger partial charge on any atom is -0.493 e. The van der Waals surface area contributed by atoms with Crippen LogP contribution < -0.4 is 14.8 Å². The Balaban J connectivity index is 2.19. The van der Waals surface area contributed by atoms with Gasteiger partial charge in [-0.15, -0.1) is 0 Å². The average Bonchev–Trinajstić information content (AvgIpc) is 2.56. The number of ether oxygens (including phenoxy) is 2. The number of aryl methyl sites for hydroxylation is 1. The van der Waals surface area contributed by atoms with Crippen LogP contribution in [0.5, 0.6) is 11.5 Å². The SMILES string of the molecule is COc1ccc(/C=C(\C)C(=O)Nc2ncccc2C)cc1OC. The van der Waals surface area contributed by atoms with Crippen LogP contribution in [-0.2, 0) is 4.79 Å². The van der Waals surface area contributed by atoms with Gasteiger partial charge in [0.25, 0.3) is 5.91 Å². The van der Waals surface area contributed by atoms with Crippen LogP contribution in [0.25, 0.3) is 6.08 Å². The van der Waals surface area contributed by atoms with Gasteiger partial charge < -0.3 is 14.8 Å². The molecule has 0 fully saturated rings. The molecule has 1 heterocycles. The third-order valence-corrected chi connectivity index (χ3v) is 3.39. The van der Waals surface area contributed by atoms with Crippen molar-refractivity contribution >= 4 is 17.8 Å².